The van der Waals surface area contributed by atoms with E-state index >= 15 is 0 Å². The van der Waals surface area contributed by atoms with Crippen LogP contribution in [0.4, 0.5) is 0 Å². The van der Waals surface area contributed by atoms with E-state index in [1.807, 2.05) is 30.3 Å². The average Bonchev–Trinajstić information content (AvgIpc) is 2.73. The van der Waals surface area contributed by atoms with Crippen molar-refractivity contribution in [2.24, 2.45) is 0 Å². The quantitative estimate of drug-likeness (QED) is 0.793. The van der Waals surface area contributed by atoms with Gasteiger partial charge in [-0.2, -0.15) is 0 Å². The Morgan fingerprint density at radius 1 is 1.00 bits per heavy atom. The van der Waals surface area contributed by atoms with Gasteiger partial charge in [-0.1, -0.05) is 47.5 Å². The van der Waals surface area contributed by atoms with Crippen LogP contribution in [0.5, 0.6) is 5.75 Å². The van der Waals surface area contributed by atoms with Crippen molar-refractivity contribution in [2.75, 3.05) is 19.7 Å². The van der Waals surface area contributed by atoms with Crippen molar-refractivity contribution >= 4 is 41.1 Å². The Morgan fingerprint density at radius 3 is 2.41 bits per heavy atom. The van der Waals surface area contributed by atoms with Crippen molar-refractivity contribution in [3.8, 4) is 5.75 Å². The third kappa shape index (κ3) is 4.26. The zero-order chi connectivity index (χ0) is 20.4. The number of hydrogen-bond acceptors (Lipinski definition) is 3. The van der Waals surface area contributed by atoms with E-state index in [2.05, 4.69) is 5.32 Å². The van der Waals surface area contributed by atoms with Crippen molar-refractivity contribution in [2.45, 2.75) is 18.9 Å². The first kappa shape index (κ1) is 19.8. The fourth-order valence-electron chi connectivity index (χ4n) is 3.61. The summed E-state index contributed by atoms with van der Waals surface area (Å²) in [6.07, 6.45) is 3.21. The van der Waals surface area contributed by atoms with Crippen LogP contribution in [0.3, 0.4) is 0 Å². The number of para-hydroxylation sites is 1. The monoisotopic (exact) mass is 430 g/mol. The number of fused-ring (bicyclic) bond motifs is 1. The SMILES string of the molecule is O=C(NC1CCN(C(=O)c2c(Cl)cccc2Cl)CC1)C1=Cc2ccccc2OC1. The highest BCUT2D eigenvalue weighted by molar-refractivity contribution is 6.39. The van der Waals surface area contributed by atoms with E-state index in [1.54, 1.807) is 23.1 Å². The van der Waals surface area contributed by atoms with Crippen molar-refractivity contribution in [1.82, 2.24) is 10.2 Å². The molecule has 2 amide bonds. The van der Waals surface area contributed by atoms with Crippen LogP contribution < -0.4 is 10.1 Å². The molecule has 0 aromatic heterocycles. The molecule has 1 N–H and O–H groups in total. The highest BCUT2D eigenvalue weighted by Crippen LogP contribution is 2.28. The first-order chi connectivity index (χ1) is 14.0. The molecular weight excluding hydrogens is 411 g/mol. The number of benzene rings is 2. The van der Waals surface area contributed by atoms with Crippen molar-refractivity contribution < 1.29 is 14.3 Å². The fourth-order valence-corrected chi connectivity index (χ4v) is 4.17. The fraction of sp³-hybridized carbons (Fsp3) is 0.273. The van der Waals surface area contributed by atoms with Gasteiger partial charge in [-0.05, 0) is 37.1 Å². The van der Waals surface area contributed by atoms with Gasteiger partial charge in [-0.25, -0.2) is 0 Å². The summed E-state index contributed by atoms with van der Waals surface area (Å²) in [5.74, 6) is 0.484. The van der Waals surface area contributed by atoms with Gasteiger partial charge in [0.25, 0.3) is 11.8 Å². The molecule has 0 saturated carbocycles. The largest absolute Gasteiger partial charge is 0.488 e. The lowest BCUT2D eigenvalue weighted by molar-refractivity contribution is -0.118. The van der Waals surface area contributed by atoms with Crippen LogP contribution in [0.2, 0.25) is 10.0 Å². The number of halogens is 2. The Hall–Kier alpha value is -2.50. The summed E-state index contributed by atoms with van der Waals surface area (Å²) in [7, 11) is 0. The van der Waals surface area contributed by atoms with Gasteiger partial charge >= 0.3 is 0 Å². The smallest absolute Gasteiger partial charge is 0.256 e. The van der Waals surface area contributed by atoms with Gasteiger partial charge in [0.2, 0.25) is 0 Å². The van der Waals surface area contributed by atoms with E-state index in [0.29, 0.717) is 47.1 Å². The number of ether oxygens (including phenoxy) is 1. The third-order valence-corrected chi connectivity index (χ3v) is 5.85. The van der Waals surface area contributed by atoms with Crippen LogP contribution in [0.1, 0.15) is 28.8 Å². The lowest BCUT2D eigenvalue weighted by Crippen LogP contribution is -2.47. The Morgan fingerprint density at radius 2 is 1.69 bits per heavy atom. The summed E-state index contributed by atoms with van der Waals surface area (Å²) in [5.41, 5.74) is 1.84. The first-order valence-electron chi connectivity index (χ1n) is 9.49. The van der Waals surface area contributed by atoms with E-state index in [-0.39, 0.29) is 24.5 Å². The molecular formula is C22H20Cl2N2O3. The van der Waals surface area contributed by atoms with E-state index in [4.69, 9.17) is 27.9 Å². The Kier molecular flexibility index (Phi) is 5.79. The predicted octanol–water partition coefficient (Wildman–Crippen LogP) is 4.19. The second-order valence-electron chi connectivity index (χ2n) is 7.13. The van der Waals surface area contributed by atoms with Crippen LogP contribution in [0, 0.1) is 0 Å². The van der Waals surface area contributed by atoms with E-state index in [1.165, 1.54) is 0 Å². The van der Waals surface area contributed by atoms with E-state index in [9.17, 15) is 9.59 Å². The maximum absolute atomic E-state index is 12.8. The molecule has 2 aromatic rings. The number of carbonyl (C=O) groups is 2. The number of nitrogens with one attached hydrogen (secondary N) is 1. The Bertz CT molecular complexity index is 962. The van der Waals surface area contributed by atoms with Crippen LogP contribution in [-0.2, 0) is 4.79 Å². The zero-order valence-corrected chi connectivity index (χ0v) is 17.2. The molecule has 0 unspecified atom stereocenters. The van der Waals surface area contributed by atoms with E-state index in [0.717, 1.165) is 11.3 Å². The average molecular weight is 431 g/mol. The Labute approximate surface area is 179 Å². The molecule has 4 rings (SSSR count). The lowest BCUT2D eigenvalue weighted by Gasteiger charge is -2.33. The molecule has 0 aliphatic carbocycles. The molecule has 2 aliphatic rings. The van der Waals surface area contributed by atoms with Crippen LogP contribution in [0.15, 0.2) is 48.0 Å². The summed E-state index contributed by atoms with van der Waals surface area (Å²) in [5, 5.41) is 3.76. The number of carbonyl (C=O) groups excluding carboxylic acids is 2. The molecule has 2 aliphatic heterocycles. The Balaban J connectivity index is 1.35. The number of amides is 2. The molecule has 5 nitrogen and oxygen atoms in total. The second kappa shape index (κ2) is 8.47. The topological polar surface area (TPSA) is 58.6 Å². The predicted molar refractivity (Wildman–Crippen MR) is 113 cm³/mol. The minimum Gasteiger partial charge on any atom is -0.488 e. The number of rotatable bonds is 3. The maximum Gasteiger partial charge on any atom is 0.256 e. The molecule has 0 radical (unpaired) electrons. The van der Waals surface area contributed by atoms with Crippen LogP contribution in [-0.4, -0.2) is 42.5 Å². The molecule has 1 fully saturated rings. The number of piperidine rings is 1. The van der Waals surface area contributed by atoms with Gasteiger partial charge in [0.15, 0.2) is 0 Å². The molecule has 0 spiro atoms. The lowest BCUT2D eigenvalue weighted by atomic mass is 10.0. The number of likely N-dealkylation sites (tertiary alicyclic amines) is 1. The van der Waals surface area contributed by atoms with Crippen molar-refractivity contribution in [3.05, 3.63) is 69.2 Å². The molecule has 2 aromatic carbocycles. The summed E-state index contributed by atoms with van der Waals surface area (Å²) in [6, 6.07) is 12.7. The maximum atomic E-state index is 12.8. The van der Waals surface area contributed by atoms with Crippen LogP contribution >= 0.6 is 23.2 Å². The second-order valence-corrected chi connectivity index (χ2v) is 7.95. The first-order valence-corrected chi connectivity index (χ1v) is 10.2. The molecule has 150 valence electrons. The molecule has 1 saturated heterocycles. The van der Waals surface area contributed by atoms with Gasteiger partial charge in [0, 0.05) is 24.7 Å². The standard InChI is InChI=1S/C22H20Cl2N2O3/c23-17-5-3-6-18(24)20(17)22(28)26-10-8-16(9-11-26)25-21(27)15-12-14-4-1-2-7-19(14)29-13-15/h1-7,12,16H,8-11,13H2,(H,25,27). The van der Waals surface area contributed by atoms with Gasteiger partial charge in [-0.15, -0.1) is 0 Å². The van der Waals surface area contributed by atoms with Crippen molar-refractivity contribution in [3.63, 3.8) is 0 Å². The summed E-state index contributed by atoms with van der Waals surface area (Å²) in [6.45, 7) is 1.32. The molecule has 7 heteroatoms. The summed E-state index contributed by atoms with van der Waals surface area (Å²) >= 11 is 12.3. The van der Waals surface area contributed by atoms with Gasteiger partial charge in [0.1, 0.15) is 12.4 Å². The van der Waals surface area contributed by atoms with Gasteiger partial charge < -0.3 is 15.0 Å². The van der Waals surface area contributed by atoms with Gasteiger partial charge in [-0.3, -0.25) is 9.59 Å². The third-order valence-electron chi connectivity index (χ3n) is 5.22. The van der Waals surface area contributed by atoms with Crippen LogP contribution in [0.25, 0.3) is 6.08 Å². The number of hydrogen-bond donors (Lipinski definition) is 1. The normalized spacial score (nSPS) is 16.5. The summed E-state index contributed by atoms with van der Waals surface area (Å²) < 4.78 is 5.66. The van der Waals surface area contributed by atoms with Gasteiger partial charge in [0.05, 0.1) is 21.2 Å². The molecule has 2 heterocycles. The van der Waals surface area contributed by atoms with Crippen molar-refractivity contribution in [1.29, 1.82) is 0 Å². The highest BCUT2D eigenvalue weighted by Gasteiger charge is 2.28. The van der Waals surface area contributed by atoms with E-state index < -0.39 is 0 Å². The molecule has 0 bridgehead atoms. The minimum absolute atomic E-state index is 0.00587. The summed E-state index contributed by atoms with van der Waals surface area (Å²) in [4.78, 5) is 27.1. The zero-order valence-electron chi connectivity index (χ0n) is 15.7. The minimum atomic E-state index is -0.176. The number of nitrogens with zero attached hydrogens (tertiary/aromatic N) is 1. The molecule has 0 atom stereocenters. The highest BCUT2D eigenvalue weighted by atomic mass is 35.5. The molecule has 29 heavy (non-hydrogen) atoms.